The second kappa shape index (κ2) is 7.87. The van der Waals surface area contributed by atoms with E-state index in [1.807, 2.05) is 13.8 Å². The lowest BCUT2D eigenvalue weighted by molar-refractivity contribution is -0.00889. The maximum Gasteiger partial charge on any atom is 0.319 e. The number of carbonyl (C=O) groups is 2. The molecule has 0 bridgehead atoms. The van der Waals surface area contributed by atoms with Crippen LogP contribution in [0.3, 0.4) is 0 Å². The van der Waals surface area contributed by atoms with E-state index >= 15 is 0 Å². The van der Waals surface area contributed by atoms with E-state index in [9.17, 15) is 9.59 Å². The first-order valence-corrected chi connectivity index (χ1v) is 9.14. The molecule has 3 amide bonds. The number of anilines is 1. The van der Waals surface area contributed by atoms with Crippen molar-refractivity contribution in [3.63, 3.8) is 0 Å². The summed E-state index contributed by atoms with van der Waals surface area (Å²) in [4.78, 5) is 24.2. The molecule has 0 spiro atoms. The van der Waals surface area contributed by atoms with E-state index in [0.717, 1.165) is 24.1 Å². The predicted octanol–water partition coefficient (Wildman–Crippen LogP) is 2.82. The molecule has 6 heteroatoms. The third kappa shape index (κ3) is 4.72. The van der Waals surface area contributed by atoms with Gasteiger partial charge < -0.3 is 20.7 Å². The van der Waals surface area contributed by atoms with Crippen molar-refractivity contribution in [2.45, 2.75) is 51.7 Å². The summed E-state index contributed by atoms with van der Waals surface area (Å²) >= 11 is 0. The van der Waals surface area contributed by atoms with Gasteiger partial charge in [0.05, 0.1) is 6.10 Å². The second-order valence-corrected chi connectivity index (χ2v) is 6.96. The maximum atomic E-state index is 12.3. The molecule has 2 atom stereocenters. The lowest BCUT2D eigenvalue weighted by atomic mass is 10.0. The van der Waals surface area contributed by atoms with E-state index in [1.165, 1.54) is 12.8 Å². The van der Waals surface area contributed by atoms with Gasteiger partial charge in [0.2, 0.25) is 0 Å². The molecule has 1 saturated carbocycles. The van der Waals surface area contributed by atoms with Crippen LogP contribution in [0.2, 0.25) is 0 Å². The predicted molar refractivity (Wildman–Crippen MR) is 96.8 cm³/mol. The van der Waals surface area contributed by atoms with E-state index in [4.69, 9.17) is 4.74 Å². The van der Waals surface area contributed by atoms with Crippen LogP contribution < -0.4 is 16.0 Å². The van der Waals surface area contributed by atoms with E-state index < -0.39 is 0 Å². The first kappa shape index (κ1) is 17.7. The van der Waals surface area contributed by atoms with Crippen LogP contribution in [0.15, 0.2) is 18.2 Å². The number of urea groups is 1. The summed E-state index contributed by atoms with van der Waals surface area (Å²) in [6.45, 7) is 5.07. The van der Waals surface area contributed by atoms with Crippen LogP contribution in [0, 0.1) is 12.8 Å². The molecule has 0 radical (unpaired) electrons. The van der Waals surface area contributed by atoms with Gasteiger partial charge >= 0.3 is 6.03 Å². The molecule has 136 valence electrons. The summed E-state index contributed by atoms with van der Waals surface area (Å²) in [5.41, 5.74) is 2.18. The largest absolute Gasteiger partial charge is 0.378 e. The van der Waals surface area contributed by atoms with Crippen LogP contribution >= 0.6 is 0 Å². The van der Waals surface area contributed by atoms with Crippen molar-refractivity contribution in [3.8, 4) is 0 Å². The molecular formula is C19H27N3O3. The molecule has 1 aliphatic carbocycles. The number of nitrogens with one attached hydrogen (secondary N) is 3. The minimum atomic E-state index is -0.199. The van der Waals surface area contributed by atoms with E-state index in [0.29, 0.717) is 30.7 Å². The molecule has 2 aliphatic rings. The zero-order valence-electron chi connectivity index (χ0n) is 14.9. The Morgan fingerprint density at radius 3 is 2.72 bits per heavy atom. The molecule has 1 saturated heterocycles. The minimum absolute atomic E-state index is 0.102. The van der Waals surface area contributed by atoms with Gasteiger partial charge in [0.15, 0.2) is 0 Å². The molecule has 0 aromatic heterocycles. The van der Waals surface area contributed by atoms with Crippen LogP contribution in [-0.4, -0.2) is 37.2 Å². The monoisotopic (exact) mass is 345 g/mol. The Balaban J connectivity index is 1.54. The standard InChI is InChI=1S/C19H27N3O3/c1-3-20-18(23)14-6-7-16(12(2)10-14)22-19(24)21-15-8-9-25-17(11-15)13-4-5-13/h6-7,10,13,15,17H,3-5,8-9,11H2,1-2H3,(H,20,23)(H2,21,22,24)/t15-,17-/m0/s1. The van der Waals surface area contributed by atoms with E-state index in [1.54, 1.807) is 18.2 Å². The average Bonchev–Trinajstić information content (AvgIpc) is 3.42. The summed E-state index contributed by atoms with van der Waals surface area (Å²) in [5.74, 6) is 0.589. The Morgan fingerprint density at radius 1 is 1.24 bits per heavy atom. The van der Waals surface area contributed by atoms with Gasteiger partial charge in [0.25, 0.3) is 5.91 Å². The summed E-state index contributed by atoms with van der Waals surface area (Å²) in [6.07, 6.45) is 4.55. The topological polar surface area (TPSA) is 79.5 Å². The van der Waals surface area contributed by atoms with E-state index in [2.05, 4.69) is 16.0 Å². The van der Waals surface area contributed by atoms with Crippen molar-refractivity contribution >= 4 is 17.6 Å². The highest BCUT2D eigenvalue weighted by atomic mass is 16.5. The smallest absolute Gasteiger partial charge is 0.319 e. The van der Waals surface area contributed by atoms with Gasteiger partial charge in [-0.2, -0.15) is 0 Å². The zero-order valence-corrected chi connectivity index (χ0v) is 14.9. The third-order valence-corrected chi connectivity index (χ3v) is 4.87. The van der Waals surface area contributed by atoms with Gasteiger partial charge in [-0.1, -0.05) is 0 Å². The number of hydrogen-bond donors (Lipinski definition) is 3. The van der Waals surface area contributed by atoms with Crippen LogP contribution in [0.4, 0.5) is 10.5 Å². The van der Waals surface area contributed by atoms with Crippen LogP contribution in [0.25, 0.3) is 0 Å². The molecule has 2 fully saturated rings. The SMILES string of the molecule is CCNC(=O)c1ccc(NC(=O)N[C@H]2CCO[C@H](C3CC3)C2)c(C)c1. The van der Waals surface area contributed by atoms with Gasteiger partial charge in [-0.05, 0) is 69.2 Å². The molecule has 0 unspecified atom stereocenters. The van der Waals surface area contributed by atoms with Crippen LogP contribution in [0.5, 0.6) is 0 Å². The number of benzene rings is 1. The highest BCUT2D eigenvalue weighted by Crippen LogP contribution is 2.38. The number of carbonyl (C=O) groups excluding carboxylic acids is 2. The first-order valence-electron chi connectivity index (χ1n) is 9.14. The van der Waals surface area contributed by atoms with Crippen LogP contribution in [0.1, 0.15) is 48.5 Å². The first-order chi connectivity index (χ1) is 12.1. The summed E-state index contributed by atoms with van der Waals surface area (Å²) in [5, 5.41) is 8.72. The third-order valence-electron chi connectivity index (χ3n) is 4.87. The number of ether oxygens (including phenoxy) is 1. The number of amides is 3. The summed E-state index contributed by atoms with van der Waals surface area (Å²) in [7, 11) is 0. The van der Waals surface area contributed by atoms with Gasteiger partial charge in [-0.15, -0.1) is 0 Å². The zero-order chi connectivity index (χ0) is 17.8. The average molecular weight is 345 g/mol. The molecule has 3 N–H and O–H groups in total. The molecule has 1 aliphatic heterocycles. The van der Waals surface area contributed by atoms with Crippen molar-refractivity contribution in [1.29, 1.82) is 0 Å². The molecule has 1 aromatic carbocycles. The molecule has 6 nitrogen and oxygen atoms in total. The molecule has 25 heavy (non-hydrogen) atoms. The number of hydrogen-bond acceptors (Lipinski definition) is 3. The molecule has 3 rings (SSSR count). The van der Waals surface area contributed by atoms with E-state index in [-0.39, 0.29) is 18.0 Å². The fraction of sp³-hybridized carbons (Fsp3) is 0.579. The van der Waals surface area contributed by atoms with Crippen molar-refractivity contribution in [2.75, 3.05) is 18.5 Å². The quantitative estimate of drug-likeness (QED) is 0.768. The maximum absolute atomic E-state index is 12.3. The fourth-order valence-corrected chi connectivity index (χ4v) is 3.31. The lowest BCUT2D eigenvalue weighted by Crippen LogP contribution is -2.44. The molecular weight excluding hydrogens is 318 g/mol. The Hall–Kier alpha value is -2.08. The fourth-order valence-electron chi connectivity index (χ4n) is 3.31. The normalized spacial score (nSPS) is 23.0. The Labute approximate surface area is 148 Å². The second-order valence-electron chi connectivity index (χ2n) is 6.96. The van der Waals surface area contributed by atoms with Crippen molar-refractivity contribution in [2.24, 2.45) is 5.92 Å². The summed E-state index contributed by atoms with van der Waals surface area (Å²) in [6, 6.07) is 5.25. The van der Waals surface area contributed by atoms with Crippen molar-refractivity contribution < 1.29 is 14.3 Å². The Morgan fingerprint density at radius 2 is 2.04 bits per heavy atom. The summed E-state index contributed by atoms with van der Waals surface area (Å²) < 4.78 is 5.80. The van der Waals surface area contributed by atoms with Gasteiger partial charge in [-0.25, -0.2) is 4.79 Å². The van der Waals surface area contributed by atoms with Crippen LogP contribution in [-0.2, 0) is 4.74 Å². The minimum Gasteiger partial charge on any atom is -0.378 e. The van der Waals surface area contributed by atoms with Gasteiger partial charge in [-0.3, -0.25) is 4.79 Å². The Kier molecular flexibility index (Phi) is 5.58. The highest BCUT2D eigenvalue weighted by Gasteiger charge is 2.36. The molecule has 1 aromatic rings. The van der Waals surface area contributed by atoms with Gasteiger partial charge in [0, 0.05) is 30.4 Å². The highest BCUT2D eigenvalue weighted by molar-refractivity contribution is 5.96. The van der Waals surface area contributed by atoms with Crippen molar-refractivity contribution in [3.05, 3.63) is 29.3 Å². The van der Waals surface area contributed by atoms with Gasteiger partial charge in [0.1, 0.15) is 0 Å². The van der Waals surface area contributed by atoms with Crippen molar-refractivity contribution in [1.82, 2.24) is 10.6 Å². The lowest BCUT2D eigenvalue weighted by Gasteiger charge is -2.30. The number of aryl methyl sites for hydroxylation is 1. The Bertz CT molecular complexity index is 643. The number of rotatable bonds is 5. The molecule has 1 heterocycles.